The molecule has 21 heavy (non-hydrogen) atoms. The molecule has 2 N–H and O–H groups in total. The lowest BCUT2D eigenvalue weighted by Gasteiger charge is -2.17. The fraction of sp³-hybridized carbons (Fsp3) is 0.462. The maximum atomic E-state index is 12.7. The summed E-state index contributed by atoms with van der Waals surface area (Å²) in [5.74, 6) is 0. The summed E-state index contributed by atoms with van der Waals surface area (Å²) >= 11 is 0. The second-order valence-corrected chi connectivity index (χ2v) is 6.64. The molecule has 1 fully saturated rings. The van der Waals surface area contributed by atoms with Crippen LogP contribution in [0.1, 0.15) is 5.56 Å². The molecule has 1 heterocycles. The van der Waals surface area contributed by atoms with Gasteiger partial charge < -0.3 is 15.2 Å². The SMILES string of the molecule is COC1CN(S(=O)(=O)c2ccc(N)cc2C#N)CC1OC. The topological polar surface area (TPSA) is 106 Å². The van der Waals surface area contributed by atoms with Gasteiger partial charge >= 0.3 is 0 Å². The van der Waals surface area contributed by atoms with E-state index >= 15 is 0 Å². The quantitative estimate of drug-likeness (QED) is 0.795. The molecule has 7 nitrogen and oxygen atoms in total. The zero-order valence-electron chi connectivity index (χ0n) is 11.8. The number of hydrogen-bond acceptors (Lipinski definition) is 6. The average Bonchev–Trinajstić information content (AvgIpc) is 2.90. The van der Waals surface area contributed by atoms with Crippen LogP contribution < -0.4 is 5.73 Å². The number of nitriles is 1. The van der Waals surface area contributed by atoms with Gasteiger partial charge in [-0.25, -0.2) is 8.42 Å². The summed E-state index contributed by atoms with van der Waals surface area (Å²) in [4.78, 5) is -0.0502. The van der Waals surface area contributed by atoms with E-state index in [1.807, 2.05) is 6.07 Å². The maximum absolute atomic E-state index is 12.7. The summed E-state index contributed by atoms with van der Waals surface area (Å²) < 4.78 is 37.1. The normalized spacial score (nSPS) is 23.1. The first kappa shape index (κ1) is 15.7. The standard InChI is InChI=1S/C13H17N3O4S/c1-19-11-7-16(8-12(11)20-2)21(17,18)13-4-3-10(15)5-9(13)6-14/h3-5,11-12H,7-8,15H2,1-2H3. The molecule has 1 saturated heterocycles. The lowest BCUT2D eigenvalue weighted by molar-refractivity contribution is -0.00461. The summed E-state index contributed by atoms with van der Waals surface area (Å²) in [7, 11) is -0.768. The fourth-order valence-electron chi connectivity index (χ4n) is 2.36. The molecular weight excluding hydrogens is 294 g/mol. The van der Waals surface area contributed by atoms with E-state index in [2.05, 4.69) is 0 Å². The maximum Gasteiger partial charge on any atom is 0.244 e. The van der Waals surface area contributed by atoms with Gasteiger partial charge in [0.25, 0.3) is 0 Å². The van der Waals surface area contributed by atoms with E-state index in [4.69, 9.17) is 20.5 Å². The Morgan fingerprint density at radius 2 is 1.86 bits per heavy atom. The first-order chi connectivity index (χ1) is 9.93. The third kappa shape index (κ3) is 2.87. The van der Waals surface area contributed by atoms with E-state index in [1.54, 1.807) is 0 Å². The molecule has 0 aromatic heterocycles. The number of nitrogens with two attached hydrogens (primary N) is 1. The van der Waals surface area contributed by atoms with Crippen molar-refractivity contribution in [2.75, 3.05) is 33.0 Å². The van der Waals surface area contributed by atoms with Crippen molar-refractivity contribution in [1.29, 1.82) is 5.26 Å². The van der Waals surface area contributed by atoms with Crippen molar-refractivity contribution in [1.82, 2.24) is 4.31 Å². The minimum atomic E-state index is -3.79. The van der Waals surface area contributed by atoms with Crippen molar-refractivity contribution in [3.05, 3.63) is 23.8 Å². The molecule has 1 aromatic rings. The van der Waals surface area contributed by atoms with Crippen molar-refractivity contribution in [3.8, 4) is 6.07 Å². The number of benzene rings is 1. The van der Waals surface area contributed by atoms with Gasteiger partial charge in [0.1, 0.15) is 11.0 Å². The third-order valence-corrected chi connectivity index (χ3v) is 5.42. The number of ether oxygens (including phenoxy) is 2. The smallest absolute Gasteiger partial charge is 0.244 e. The van der Waals surface area contributed by atoms with E-state index in [-0.39, 0.29) is 35.8 Å². The zero-order valence-corrected chi connectivity index (χ0v) is 12.6. The van der Waals surface area contributed by atoms with Crippen LogP contribution in [0.4, 0.5) is 5.69 Å². The van der Waals surface area contributed by atoms with Crippen LogP contribution in [0.2, 0.25) is 0 Å². The summed E-state index contributed by atoms with van der Waals surface area (Å²) in [6.07, 6.45) is -0.659. The van der Waals surface area contributed by atoms with Crippen molar-refractivity contribution in [3.63, 3.8) is 0 Å². The minimum absolute atomic E-state index is 0.0323. The average molecular weight is 311 g/mol. The van der Waals surface area contributed by atoms with Gasteiger partial charge in [0.2, 0.25) is 10.0 Å². The van der Waals surface area contributed by atoms with Crippen LogP contribution in [0.15, 0.2) is 23.1 Å². The number of anilines is 1. The van der Waals surface area contributed by atoms with Crippen molar-refractivity contribution >= 4 is 15.7 Å². The Bertz CT molecular complexity index is 656. The second kappa shape index (κ2) is 5.99. The molecule has 2 atom stereocenters. The first-order valence-electron chi connectivity index (χ1n) is 6.29. The van der Waals surface area contributed by atoms with Crippen LogP contribution >= 0.6 is 0 Å². The summed E-state index contributed by atoms with van der Waals surface area (Å²) in [6.45, 7) is 0.374. The van der Waals surface area contributed by atoms with E-state index in [0.29, 0.717) is 5.69 Å². The largest absolute Gasteiger partial charge is 0.399 e. The van der Waals surface area contributed by atoms with Crippen molar-refractivity contribution < 1.29 is 17.9 Å². The number of methoxy groups -OCH3 is 2. The molecule has 2 rings (SSSR count). The van der Waals surface area contributed by atoms with Crippen molar-refractivity contribution in [2.24, 2.45) is 0 Å². The van der Waals surface area contributed by atoms with Crippen LogP contribution in [0.5, 0.6) is 0 Å². The zero-order chi connectivity index (χ0) is 15.6. The molecule has 1 aliphatic heterocycles. The Morgan fingerprint density at radius 3 is 2.33 bits per heavy atom. The lowest BCUT2D eigenvalue weighted by atomic mass is 10.2. The molecule has 0 amide bonds. The number of nitrogens with zero attached hydrogens (tertiary/aromatic N) is 2. The van der Waals surface area contributed by atoms with Gasteiger partial charge in [-0.1, -0.05) is 0 Å². The van der Waals surface area contributed by atoms with Crippen LogP contribution in [-0.4, -0.2) is 52.2 Å². The monoisotopic (exact) mass is 311 g/mol. The molecule has 114 valence electrons. The molecule has 0 saturated carbocycles. The van der Waals surface area contributed by atoms with Crippen LogP contribution in [0.25, 0.3) is 0 Å². The van der Waals surface area contributed by atoms with Crippen LogP contribution in [-0.2, 0) is 19.5 Å². The predicted molar refractivity (Wildman–Crippen MR) is 75.9 cm³/mol. The van der Waals surface area contributed by atoms with Crippen LogP contribution in [0, 0.1) is 11.3 Å². The van der Waals surface area contributed by atoms with Gasteiger partial charge in [-0.2, -0.15) is 9.57 Å². The van der Waals surface area contributed by atoms with Crippen LogP contribution in [0.3, 0.4) is 0 Å². The minimum Gasteiger partial charge on any atom is -0.399 e. The Balaban J connectivity index is 2.38. The van der Waals surface area contributed by atoms with Gasteiger partial charge in [0.15, 0.2) is 0 Å². The molecule has 8 heteroatoms. The highest BCUT2D eigenvalue weighted by Gasteiger charge is 2.40. The van der Waals surface area contributed by atoms with E-state index < -0.39 is 10.0 Å². The van der Waals surface area contributed by atoms with Gasteiger partial charge in [0.05, 0.1) is 17.8 Å². The molecule has 0 radical (unpaired) electrons. The van der Waals surface area contributed by atoms with Gasteiger partial charge in [0, 0.05) is 33.0 Å². The van der Waals surface area contributed by atoms with E-state index in [0.717, 1.165) is 0 Å². The predicted octanol–water partition coefficient (Wildman–Crippen LogP) is 0.175. The van der Waals surface area contributed by atoms with E-state index in [1.165, 1.54) is 36.7 Å². The van der Waals surface area contributed by atoms with Gasteiger partial charge in [-0.15, -0.1) is 0 Å². The number of rotatable bonds is 4. The Labute approximate surface area is 123 Å². The fourth-order valence-corrected chi connectivity index (χ4v) is 3.95. The number of hydrogen-bond donors (Lipinski definition) is 1. The number of sulfonamides is 1. The highest BCUT2D eigenvalue weighted by molar-refractivity contribution is 7.89. The Hall–Kier alpha value is -1.66. The van der Waals surface area contributed by atoms with Gasteiger partial charge in [-0.05, 0) is 18.2 Å². The first-order valence-corrected chi connectivity index (χ1v) is 7.73. The summed E-state index contributed by atoms with van der Waals surface area (Å²) in [6, 6.07) is 6.04. The Kier molecular flexibility index (Phi) is 4.49. The van der Waals surface area contributed by atoms with Crippen molar-refractivity contribution in [2.45, 2.75) is 17.1 Å². The van der Waals surface area contributed by atoms with E-state index in [9.17, 15) is 8.42 Å². The molecule has 0 bridgehead atoms. The molecule has 2 unspecified atom stereocenters. The highest BCUT2D eigenvalue weighted by atomic mass is 32.2. The second-order valence-electron chi connectivity index (χ2n) is 4.74. The molecule has 1 aliphatic rings. The molecule has 1 aromatic carbocycles. The van der Waals surface area contributed by atoms with Gasteiger partial charge in [-0.3, -0.25) is 0 Å². The highest BCUT2D eigenvalue weighted by Crippen LogP contribution is 2.26. The number of nitrogen functional groups attached to an aromatic ring is 1. The summed E-state index contributed by atoms with van der Waals surface area (Å²) in [5.41, 5.74) is 5.96. The Morgan fingerprint density at radius 1 is 1.29 bits per heavy atom. The summed E-state index contributed by atoms with van der Waals surface area (Å²) in [5, 5.41) is 9.11. The lowest BCUT2D eigenvalue weighted by Crippen LogP contribution is -2.30. The third-order valence-electron chi connectivity index (χ3n) is 3.53. The molecule has 0 aliphatic carbocycles. The molecular formula is C13H17N3O4S. The molecule has 0 spiro atoms.